The Morgan fingerprint density at radius 2 is 1.87 bits per heavy atom. The zero-order valence-corrected chi connectivity index (χ0v) is 13.5. The van der Waals surface area contributed by atoms with Crippen molar-refractivity contribution in [3.63, 3.8) is 0 Å². The van der Waals surface area contributed by atoms with Gasteiger partial charge in [0.05, 0.1) is 23.3 Å². The molecule has 23 heavy (non-hydrogen) atoms. The number of ether oxygens (including phenoxy) is 1. The Balaban J connectivity index is 1.47. The summed E-state index contributed by atoms with van der Waals surface area (Å²) in [6.07, 6.45) is 1.87. The summed E-state index contributed by atoms with van der Waals surface area (Å²) < 4.78 is 6.18. The van der Waals surface area contributed by atoms with Crippen LogP contribution < -0.4 is 10.1 Å². The summed E-state index contributed by atoms with van der Waals surface area (Å²) in [6, 6.07) is 8.31. The lowest BCUT2D eigenvalue weighted by atomic mass is 10.1. The molecule has 6 heteroatoms. The molecule has 122 valence electrons. The maximum atomic E-state index is 6.18. The fraction of sp³-hybridized carbons (Fsp3) is 0.529. The summed E-state index contributed by atoms with van der Waals surface area (Å²) in [5.74, 6) is 0.622. The normalized spacial score (nSPS) is 26.7. The third kappa shape index (κ3) is 3.15. The Morgan fingerprint density at radius 3 is 2.70 bits per heavy atom. The summed E-state index contributed by atoms with van der Waals surface area (Å²) in [4.78, 5) is 14.0. The van der Waals surface area contributed by atoms with Crippen LogP contribution in [0, 0.1) is 0 Å². The molecule has 2 aliphatic rings. The van der Waals surface area contributed by atoms with Crippen LogP contribution in [0.3, 0.4) is 0 Å². The first-order valence-electron chi connectivity index (χ1n) is 8.31. The van der Waals surface area contributed by atoms with Crippen molar-refractivity contribution in [2.45, 2.75) is 12.1 Å². The van der Waals surface area contributed by atoms with Gasteiger partial charge in [-0.15, -0.1) is 0 Å². The van der Waals surface area contributed by atoms with E-state index in [-0.39, 0.29) is 6.10 Å². The molecule has 0 saturated carbocycles. The minimum atomic E-state index is 0.133. The third-order valence-electron chi connectivity index (χ3n) is 4.83. The highest BCUT2D eigenvalue weighted by atomic mass is 16.5. The number of piperazine rings is 1. The average Bonchev–Trinajstić information content (AvgIpc) is 3.03. The highest BCUT2D eigenvalue weighted by molar-refractivity contribution is 5.73. The fourth-order valence-corrected chi connectivity index (χ4v) is 3.43. The Kier molecular flexibility index (Phi) is 4.11. The van der Waals surface area contributed by atoms with E-state index in [1.54, 1.807) is 6.20 Å². The molecule has 3 heterocycles. The number of nitrogens with zero attached hydrogens (tertiary/aromatic N) is 4. The van der Waals surface area contributed by atoms with Gasteiger partial charge in [0.2, 0.25) is 5.88 Å². The maximum Gasteiger partial charge on any atom is 0.233 e. The molecule has 2 aliphatic heterocycles. The molecule has 0 radical (unpaired) electrons. The van der Waals surface area contributed by atoms with Gasteiger partial charge in [0.1, 0.15) is 6.10 Å². The van der Waals surface area contributed by atoms with Gasteiger partial charge in [-0.2, -0.15) is 0 Å². The topological polar surface area (TPSA) is 53.5 Å². The molecular formula is C17H23N5O. The Hall–Kier alpha value is -1.76. The van der Waals surface area contributed by atoms with Gasteiger partial charge in [-0.05, 0) is 19.2 Å². The number of aromatic nitrogens is 2. The van der Waals surface area contributed by atoms with E-state index >= 15 is 0 Å². The number of hydrogen-bond acceptors (Lipinski definition) is 6. The molecule has 2 atom stereocenters. The van der Waals surface area contributed by atoms with Crippen molar-refractivity contribution in [2.75, 3.05) is 46.3 Å². The van der Waals surface area contributed by atoms with Gasteiger partial charge in [0.25, 0.3) is 0 Å². The molecular weight excluding hydrogens is 290 g/mol. The van der Waals surface area contributed by atoms with Crippen molar-refractivity contribution < 1.29 is 4.74 Å². The number of hydrogen-bond donors (Lipinski definition) is 1. The summed E-state index contributed by atoms with van der Waals surface area (Å²) in [5.41, 5.74) is 1.78. The van der Waals surface area contributed by atoms with Gasteiger partial charge >= 0.3 is 0 Å². The van der Waals surface area contributed by atoms with E-state index in [1.807, 2.05) is 24.3 Å². The number of fused-ring (bicyclic) bond motifs is 1. The molecule has 1 aromatic carbocycles. The lowest BCUT2D eigenvalue weighted by Gasteiger charge is -2.38. The van der Waals surface area contributed by atoms with Crippen molar-refractivity contribution in [3.8, 4) is 5.88 Å². The van der Waals surface area contributed by atoms with Crippen molar-refractivity contribution in [1.29, 1.82) is 0 Å². The Morgan fingerprint density at radius 1 is 1.09 bits per heavy atom. The van der Waals surface area contributed by atoms with Crippen molar-refractivity contribution in [2.24, 2.45) is 0 Å². The SMILES string of the molecule is CN1CCN(C2CNCC2Oc2cnc3ccccc3n2)CC1. The van der Waals surface area contributed by atoms with E-state index in [0.29, 0.717) is 11.9 Å². The minimum absolute atomic E-state index is 0.133. The van der Waals surface area contributed by atoms with Crippen LogP contribution >= 0.6 is 0 Å². The second-order valence-electron chi connectivity index (χ2n) is 6.42. The van der Waals surface area contributed by atoms with Gasteiger partial charge in [-0.1, -0.05) is 12.1 Å². The lowest BCUT2D eigenvalue weighted by molar-refractivity contribution is 0.0604. The number of benzene rings is 1. The Labute approximate surface area is 136 Å². The quantitative estimate of drug-likeness (QED) is 0.895. The van der Waals surface area contributed by atoms with E-state index in [0.717, 1.165) is 50.3 Å². The summed E-state index contributed by atoms with van der Waals surface area (Å²) in [5, 5.41) is 3.46. The Bertz CT molecular complexity index is 671. The van der Waals surface area contributed by atoms with Crippen LogP contribution in [-0.2, 0) is 0 Å². The first kappa shape index (κ1) is 14.8. The number of rotatable bonds is 3. The summed E-state index contributed by atoms with van der Waals surface area (Å²) in [7, 11) is 2.18. The number of nitrogens with one attached hydrogen (secondary N) is 1. The third-order valence-corrected chi connectivity index (χ3v) is 4.83. The molecule has 2 saturated heterocycles. The molecule has 0 amide bonds. The smallest absolute Gasteiger partial charge is 0.233 e. The van der Waals surface area contributed by atoms with Crippen LogP contribution in [0.2, 0.25) is 0 Å². The van der Waals surface area contributed by atoms with Crippen LogP contribution in [-0.4, -0.2) is 78.2 Å². The molecule has 2 aromatic rings. The predicted molar refractivity (Wildman–Crippen MR) is 89.7 cm³/mol. The van der Waals surface area contributed by atoms with Gasteiger partial charge in [-0.25, -0.2) is 9.97 Å². The van der Waals surface area contributed by atoms with Crippen molar-refractivity contribution in [3.05, 3.63) is 30.5 Å². The van der Waals surface area contributed by atoms with Gasteiger partial charge < -0.3 is 15.0 Å². The molecule has 1 N–H and O–H groups in total. The molecule has 2 fully saturated rings. The highest BCUT2D eigenvalue weighted by Crippen LogP contribution is 2.19. The first-order chi connectivity index (χ1) is 11.3. The van der Waals surface area contributed by atoms with Crippen molar-refractivity contribution >= 4 is 11.0 Å². The molecule has 2 unspecified atom stereocenters. The molecule has 6 nitrogen and oxygen atoms in total. The second-order valence-corrected chi connectivity index (χ2v) is 6.42. The summed E-state index contributed by atoms with van der Waals surface area (Å²) in [6.45, 7) is 6.30. The fourth-order valence-electron chi connectivity index (χ4n) is 3.43. The van der Waals surface area contributed by atoms with Crippen LogP contribution in [0.25, 0.3) is 11.0 Å². The van der Waals surface area contributed by atoms with Crippen molar-refractivity contribution in [1.82, 2.24) is 25.1 Å². The van der Waals surface area contributed by atoms with E-state index in [2.05, 4.69) is 32.1 Å². The molecule has 0 spiro atoms. The van der Waals surface area contributed by atoms with Crippen LogP contribution in [0.5, 0.6) is 5.88 Å². The average molecular weight is 313 g/mol. The molecule has 0 bridgehead atoms. The predicted octanol–water partition coefficient (Wildman–Crippen LogP) is 0.596. The first-order valence-corrected chi connectivity index (χ1v) is 8.31. The second kappa shape index (κ2) is 6.39. The molecule has 1 aromatic heterocycles. The van der Waals surface area contributed by atoms with E-state index in [4.69, 9.17) is 4.74 Å². The maximum absolute atomic E-state index is 6.18. The van der Waals surface area contributed by atoms with Gasteiger partial charge in [0, 0.05) is 39.3 Å². The monoisotopic (exact) mass is 313 g/mol. The molecule has 4 rings (SSSR count). The van der Waals surface area contributed by atoms with Crippen LogP contribution in [0.15, 0.2) is 30.5 Å². The highest BCUT2D eigenvalue weighted by Gasteiger charge is 2.35. The van der Waals surface area contributed by atoms with Crippen LogP contribution in [0.4, 0.5) is 0 Å². The standard InChI is InChI=1S/C17H23N5O/c1-21-6-8-22(9-7-21)15-10-18-11-16(15)23-17-12-19-13-4-2-3-5-14(13)20-17/h2-5,12,15-16,18H,6-11H2,1H3. The zero-order chi connectivity index (χ0) is 15.6. The van der Waals surface area contributed by atoms with E-state index in [1.165, 1.54) is 0 Å². The lowest BCUT2D eigenvalue weighted by Crippen LogP contribution is -2.53. The number of para-hydroxylation sites is 2. The van der Waals surface area contributed by atoms with Gasteiger partial charge in [0.15, 0.2) is 0 Å². The van der Waals surface area contributed by atoms with Crippen LogP contribution in [0.1, 0.15) is 0 Å². The van der Waals surface area contributed by atoms with Gasteiger partial charge in [-0.3, -0.25) is 4.90 Å². The minimum Gasteiger partial charge on any atom is -0.470 e. The van der Waals surface area contributed by atoms with E-state index < -0.39 is 0 Å². The zero-order valence-electron chi connectivity index (χ0n) is 13.5. The molecule has 0 aliphatic carbocycles. The summed E-state index contributed by atoms with van der Waals surface area (Å²) >= 11 is 0. The van der Waals surface area contributed by atoms with E-state index in [9.17, 15) is 0 Å². The number of likely N-dealkylation sites (N-methyl/N-ethyl adjacent to an activating group) is 1. The largest absolute Gasteiger partial charge is 0.470 e.